The van der Waals surface area contributed by atoms with Gasteiger partial charge in [-0.3, -0.25) is 4.98 Å². The molecule has 0 amide bonds. The molecule has 88 valence electrons. The largest absolute Gasteiger partial charge is 0.467 e. The van der Waals surface area contributed by atoms with Crippen molar-refractivity contribution in [3.63, 3.8) is 0 Å². The van der Waals surface area contributed by atoms with Crippen LogP contribution in [0, 0.1) is 5.82 Å². The predicted octanol–water partition coefficient (Wildman–Crippen LogP) is 1.07. The molecule has 5 nitrogen and oxygen atoms in total. The molecule has 0 bridgehead atoms. The molecule has 2 N–H and O–H groups in total. The Labute approximate surface area is 97.5 Å². The lowest BCUT2D eigenvalue weighted by Crippen LogP contribution is -2.16. The van der Waals surface area contributed by atoms with E-state index in [4.69, 9.17) is 10.5 Å². The Kier molecular flexibility index (Phi) is 3.24. The van der Waals surface area contributed by atoms with Gasteiger partial charge in [0.2, 0.25) is 0 Å². The highest BCUT2D eigenvalue weighted by molar-refractivity contribution is 5.24. The molecule has 6 heteroatoms. The van der Waals surface area contributed by atoms with Crippen molar-refractivity contribution < 1.29 is 9.13 Å². The minimum Gasteiger partial charge on any atom is -0.467 e. The normalized spacial score (nSPS) is 12.2. The molecule has 0 fully saturated rings. The van der Waals surface area contributed by atoms with Crippen LogP contribution in [0.4, 0.5) is 4.39 Å². The second-order valence-electron chi connectivity index (χ2n) is 3.35. The first kappa shape index (κ1) is 11.4. The summed E-state index contributed by atoms with van der Waals surface area (Å²) >= 11 is 0. The van der Waals surface area contributed by atoms with E-state index in [2.05, 4.69) is 15.0 Å². The number of pyridine rings is 1. The van der Waals surface area contributed by atoms with Gasteiger partial charge in [0.15, 0.2) is 0 Å². The minimum absolute atomic E-state index is 0.168. The van der Waals surface area contributed by atoms with Crippen LogP contribution in [-0.4, -0.2) is 22.1 Å². The molecular weight excluding hydrogens is 223 g/mol. The molecule has 2 heterocycles. The van der Waals surface area contributed by atoms with E-state index in [9.17, 15) is 4.39 Å². The highest BCUT2D eigenvalue weighted by Gasteiger charge is 2.15. The average Bonchev–Trinajstić information content (AvgIpc) is 2.39. The molecule has 0 radical (unpaired) electrons. The Morgan fingerprint density at radius 1 is 1.29 bits per heavy atom. The summed E-state index contributed by atoms with van der Waals surface area (Å²) in [6.45, 7) is 0. The number of rotatable bonds is 3. The summed E-state index contributed by atoms with van der Waals surface area (Å²) in [7, 11) is 1.47. The number of methoxy groups -OCH3 is 1. The van der Waals surface area contributed by atoms with E-state index in [0.29, 0.717) is 5.56 Å². The van der Waals surface area contributed by atoms with Crippen LogP contribution in [0.3, 0.4) is 0 Å². The lowest BCUT2D eigenvalue weighted by molar-refractivity contribution is 0.379. The van der Waals surface area contributed by atoms with Crippen LogP contribution in [0.5, 0.6) is 6.01 Å². The van der Waals surface area contributed by atoms with E-state index >= 15 is 0 Å². The first-order chi connectivity index (χ1) is 8.22. The van der Waals surface area contributed by atoms with Gasteiger partial charge in [0.1, 0.15) is 5.82 Å². The van der Waals surface area contributed by atoms with Gasteiger partial charge >= 0.3 is 6.01 Å². The van der Waals surface area contributed by atoms with Crippen LogP contribution in [0.1, 0.15) is 17.3 Å². The molecule has 0 saturated carbocycles. The van der Waals surface area contributed by atoms with Crippen LogP contribution in [0.15, 0.2) is 30.7 Å². The number of aromatic nitrogens is 3. The summed E-state index contributed by atoms with van der Waals surface area (Å²) in [4.78, 5) is 11.7. The third kappa shape index (κ3) is 2.36. The van der Waals surface area contributed by atoms with Crippen molar-refractivity contribution in [2.45, 2.75) is 6.04 Å². The highest BCUT2D eigenvalue weighted by Crippen LogP contribution is 2.19. The van der Waals surface area contributed by atoms with Gasteiger partial charge in [-0.15, -0.1) is 0 Å². The Hall–Kier alpha value is -2.08. The predicted molar refractivity (Wildman–Crippen MR) is 58.8 cm³/mol. The summed E-state index contributed by atoms with van der Waals surface area (Å²) in [5, 5.41) is 0. The lowest BCUT2D eigenvalue weighted by atomic mass is 10.1. The molecule has 2 aromatic heterocycles. The molecule has 2 rings (SSSR count). The average molecular weight is 234 g/mol. The fourth-order valence-electron chi connectivity index (χ4n) is 1.38. The van der Waals surface area contributed by atoms with Crippen molar-refractivity contribution in [3.8, 4) is 6.01 Å². The molecule has 1 unspecified atom stereocenters. The molecule has 0 aliphatic heterocycles. The third-order valence-corrected chi connectivity index (χ3v) is 2.27. The van der Waals surface area contributed by atoms with Gasteiger partial charge in [-0.1, -0.05) is 0 Å². The number of hydrogen-bond donors (Lipinski definition) is 1. The molecule has 0 aliphatic carbocycles. The maximum Gasteiger partial charge on any atom is 0.316 e. The second-order valence-corrected chi connectivity index (χ2v) is 3.35. The van der Waals surface area contributed by atoms with Gasteiger partial charge in [0.05, 0.1) is 18.8 Å². The summed E-state index contributed by atoms with van der Waals surface area (Å²) in [6, 6.07) is 2.37. The van der Waals surface area contributed by atoms with Crippen LogP contribution in [-0.2, 0) is 0 Å². The van der Waals surface area contributed by atoms with E-state index < -0.39 is 11.9 Å². The summed E-state index contributed by atoms with van der Waals surface area (Å²) < 4.78 is 18.3. The zero-order valence-electron chi connectivity index (χ0n) is 9.17. The fraction of sp³-hybridized carbons (Fsp3) is 0.182. The topological polar surface area (TPSA) is 73.9 Å². The molecule has 2 aromatic rings. The van der Waals surface area contributed by atoms with E-state index in [1.54, 1.807) is 0 Å². The first-order valence-electron chi connectivity index (χ1n) is 4.94. The van der Waals surface area contributed by atoms with E-state index in [1.807, 2.05) is 0 Å². The minimum atomic E-state index is -0.692. The highest BCUT2D eigenvalue weighted by atomic mass is 19.1. The van der Waals surface area contributed by atoms with E-state index in [0.717, 1.165) is 0 Å². The van der Waals surface area contributed by atoms with E-state index in [-0.39, 0.29) is 11.7 Å². The van der Waals surface area contributed by atoms with Crippen LogP contribution in [0.25, 0.3) is 0 Å². The Morgan fingerprint density at radius 3 is 2.59 bits per heavy atom. The molecule has 0 aliphatic rings. The number of nitrogens with zero attached hydrogens (tertiary/aromatic N) is 3. The van der Waals surface area contributed by atoms with Gasteiger partial charge in [-0.05, 0) is 12.1 Å². The van der Waals surface area contributed by atoms with Crippen molar-refractivity contribution in [2.24, 2.45) is 5.73 Å². The number of hydrogen-bond acceptors (Lipinski definition) is 5. The maximum atomic E-state index is 13.5. The van der Waals surface area contributed by atoms with Gasteiger partial charge < -0.3 is 10.5 Å². The number of halogens is 1. The monoisotopic (exact) mass is 234 g/mol. The van der Waals surface area contributed by atoms with Gasteiger partial charge in [0, 0.05) is 24.2 Å². The maximum absolute atomic E-state index is 13.5. The molecule has 1 atom stereocenters. The zero-order valence-corrected chi connectivity index (χ0v) is 9.17. The quantitative estimate of drug-likeness (QED) is 0.859. The first-order valence-corrected chi connectivity index (χ1v) is 4.94. The second kappa shape index (κ2) is 4.84. The summed E-state index contributed by atoms with van der Waals surface area (Å²) in [6.07, 6.45) is 4.47. The van der Waals surface area contributed by atoms with Gasteiger partial charge in [-0.2, -0.15) is 0 Å². The SMILES string of the molecule is COc1ncc(C(N)c2ncccc2F)cn1. The Bertz CT molecular complexity index is 503. The Balaban J connectivity index is 2.30. The lowest BCUT2D eigenvalue weighted by Gasteiger charge is -2.11. The van der Waals surface area contributed by atoms with Crippen LogP contribution in [0.2, 0.25) is 0 Å². The number of ether oxygens (including phenoxy) is 1. The molecule has 0 saturated heterocycles. The number of nitrogens with two attached hydrogens (primary N) is 1. The molecular formula is C11H11FN4O. The van der Waals surface area contributed by atoms with Crippen molar-refractivity contribution in [2.75, 3.05) is 7.11 Å². The van der Waals surface area contributed by atoms with Gasteiger partial charge in [0.25, 0.3) is 0 Å². The fourth-order valence-corrected chi connectivity index (χ4v) is 1.38. The zero-order chi connectivity index (χ0) is 12.3. The smallest absolute Gasteiger partial charge is 0.316 e. The van der Waals surface area contributed by atoms with Crippen molar-refractivity contribution in [3.05, 3.63) is 47.8 Å². The van der Waals surface area contributed by atoms with Crippen LogP contribution < -0.4 is 10.5 Å². The summed E-state index contributed by atoms with van der Waals surface area (Å²) in [5.41, 5.74) is 6.63. The van der Waals surface area contributed by atoms with Crippen molar-refractivity contribution in [1.82, 2.24) is 15.0 Å². The molecule has 0 aromatic carbocycles. The van der Waals surface area contributed by atoms with Crippen molar-refractivity contribution >= 4 is 0 Å². The molecule has 17 heavy (non-hydrogen) atoms. The summed E-state index contributed by atoms with van der Waals surface area (Å²) in [5.74, 6) is -0.448. The third-order valence-electron chi connectivity index (χ3n) is 2.27. The van der Waals surface area contributed by atoms with Gasteiger partial charge in [-0.25, -0.2) is 14.4 Å². The van der Waals surface area contributed by atoms with Crippen LogP contribution >= 0.6 is 0 Å². The Morgan fingerprint density at radius 2 is 2.00 bits per heavy atom. The molecule has 0 spiro atoms. The van der Waals surface area contributed by atoms with Crippen molar-refractivity contribution in [1.29, 1.82) is 0 Å². The van der Waals surface area contributed by atoms with E-state index in [1.165, 1.54) is 37.8 Å². The standard InChI is InChI=1S/C11H11FN4O/c1-17-11-15-5-7(6-16-11)9(13)10-8(12)3-2-4-14-10/h2-6,9H,13H2,1H3.